The van der Waals surface area contributed by atoms with Gasteiger partial charge in [0.15, 0.2) is 0 Å². The predicted molar refractivity (Wildman–Crippen MR) is 139 cm³/mol. The van der Waals surface area contributed by atoms with Crippen LogP contribution in [0.4, 0.5) is 26.0 Å². The van der Waals surface area contributed by atoms with Gasteiger partial charge in [-0.15, -0.1) is 0 Å². The fourth-order valence-electron chi connectivity index (χ4n) is 4.89. The van der Waals surface area contributed by atoms with Crippen molar-refractivity contribution in [1.29, 1.82) is 0 Å². The van der Waals surface area contributed by atoms with Gasteiger partial charge in [0.05, 0.1) is 34.4 Å². The van der Waals surface area contributed by atoms with Crippen LogP contribution < -0.4 is 15.1 Å². The lowest BCUT2D eigenvalue weighted by Crippen LogP contribution is -2.49. The van der Waals surface area contributed by atoms with E-state index in [1.807, 2.05) is 4.90 Å². The predicted octanol–water partition coefficient (Wildman–Crippen LogP) is 5.05. The summed E-state index contributed by atoms with van der Waals surface area (Å²) in [6, 6.07) is 9.79. The fraction of sp³-hybridized carbons (Fsp3) is 0.333. The van der Waals surface area contributed by atoms with Crippen molar-refractivity contribution in [2.24, 2.45) is 5.41 Å². The maximum absolute atomic E-state index is 15.2. The molecule has 3 aromatic rings. The molecule has 1 unspecified atom stereocenters. The molecule has 2 aliphatic heterocycles. The van der Waals surface area contributed by atoms with Crippen molar-refractivity contribution >= 4 is 41.0 Å². The number of carbonyl (C=O) groups excluding carboxylic acids is 2. The Morgan fingerprint density at radius 1 is 1.22 bits per heavy atom. The van der Waals surface area contributed by atoms with Crippen LogP contribution in [-0.2, 0) is 9.59 Å². The Morgan fingerprint density at radius 2 is 1.97 bits per heavy atom. The second kappa shape index (κ2) is 9.70. The molecule has 1 N–H and O–H groups in total. The van der Waals surface area contributed by atoms with E-state index in [1.54, 1.807) is 44.4 Å². The molecule has 1 atom stereocenters. The van der Waals surface area contributed by atoms with Gasteiger partial charge < -0.3 is 19.9 Å². The standard InChI is InChI=1S/C20H19FN4O2.C7H7ClFN/c1-12-17-13(3-2-6-22-17)16-14(25(7-8-26)19(12)27)9-15(23-18(16)21)24-10-20(11-24)4-5-20;1-10-5-2-3-6(8)7(9)4-5/h2-3,6,8-9,12H,4-5,7,10-11H2,1H3;2-4,10H,1H3. The molecule has 10 heteroatoms. The van der Waals surface area contributed by atoms with Crippen molar-refractivity contribution < 1.29 is 18.4 Å². The van der Waals surface area contributed by atoms with E-state index in [4.69, 9.17) is 11.6 Å². The van der Waals surface area contributed by atoms with Crippen molar-refractivity contribution in [2.45, 2.75) is 25.7 Å². The Kier molecular flexibility index (Phi) is 6.58. The number of fused-ring (bicyclic) bond motifs is 3. The molecule has 1 amide bonds. The number of nitrogens with zero attached hydrogens (tertiary/aromatic N) is 4. The van der Waals surface area contributed by atoms with Gasteiger partial charge in [-0.05, 0) is 44.0 Å². The summed E-state index contributed by atoms with van der Waals surface area (Å²) in [4.78, 5) is 36.2. The lowest BCUT2D eigenvalue weighted by atomic mass is 9.96. The third kappa shape index (κ3) is 4.64. The maximum atomic E-state index is 15.2. The highest BCUT2D eigenvalue weighted by Crippen LogP contribution is 2.54. The highest BCUT2D eigenvalue weighted by atomic mass is 35.5. The average Bonchev–Trinajstić information content (AvgIpc) is 3.69. The first-order valence-electron chi connectivity index (χ1n) is 12.1. The first kappa shape index (κ1) is 25.1. The van der Waals surface area contributed by atoms with Crippen LogP contribution >= 0.6 is 11.6 Å². The van der Waals surface area contributed by atoms with Crippen LogP contribution in [0.1, 0.15) is 31.4 Å². The number of benzene rings is 1. The number of aromatic nitrogens is 2. The minimum absolute atomic E-state index is 0.128. The van der Waals surface area contributed by atoms with Crippen LogP contribution in [0.2, 0.25) is 5.02 Å². The van der Waals surface area contributed by atoms with Crippen LogP contribution in [0, 0.1) is 17.2 Å². The van der Waals surface area contributed by atoms with E-state index in [0.717, 1.165) is 18.8 Å². The summed E-state index contributed by atoms with van der Waals surface area (Å²) in [6.45, 7) is 3.34. The zero-order valence-electron chi connectivity index (χ0n) is 20.5. The van der Waals surface area contributed by atoms with E-state index in [-0.39, 0.29) is 23.0 Å². The number of carbonyl (C=O) groups is 2. The summed E-state index contributed by atoms with van der Waals surface area (Å²) in [7, 11) is 1.72. The quantitative estimate of drug-likeness (QED) is 0.379. The van der Waals surface area contributed by atoms with Gasteiger partial charge >= 0.3 is 0 Å². The van der Waals surface area contributed by atoms with Crippen molar-refractivity contribution in [3.8, 4) is 11.1 Å². The topological polar surface area (TPSA) is 78.4 Å². The molecule has 0 bridgehead atoms. The third-order valence-corrected chi connectivity index (χ3v) is 7.49. The Hall–Kier alpha value is -3.59. The van der Waals surface area contributed by atoms with Gasteiger partial charge in [0.2, 0.25) is 11.9 Å². The highest BCUT2D eigenvalue weighted by Gasteiger charge is 2.53. The van der Waals surface area contributed by atoms with Gasteiger partial charge in [-0.25, -0.2) is 9.37 Å². The zero-order chi connectivity index (χ0) is 26.3. The Balaban J connectivity index is 0.000000237. The number of aldehydes is 1. The molecule has 37 heavy (non-hydrogen) atoms. The first-order chi connectivity index (χ1) is 17.8. The van der Waals surface area contributed by atoms with E-state index in [2.05, 4.69) is 15.3 Å². The molecule has 4 heterocycles. The second-order valence-corrected chi connectivity index (χ2v) is 10.1. The van der Waals surface area contributed by atoms with E-state index in [9.17, 15) is 14.0 Å². The van der Waals surface area contributed by atoms with Crippen LogP contribution in [0.25, 0.3) is 11.1 Å². The molecule has 7 nitrogen and oxygen atoms in total. The SMILES string of the molecule is CC1C(=O)N(CC=O)c2cc(N3CC4(CC4)C3)nc(F)c2-c2cccnc21.CNc1ccc(Cl)c(F)c1. The Bertz CT molecular complexity index is 1370. The molecule has 0 radical (unpaired) electrons. The molecular formula is C27H26ClF2N5O2. The largest absolute Gasteiger partial charge is 0.388 e. The number of rotatable bonds is 4. The van der Waals surface area contributed by atoms with E-state index < -0.39 is 17.7 Å². The molecule has 6 rings (SSSR count). The lowest BCUT2D eigenvalue weighted by molar-refractivity contribution is -0.120. The number of halogens is 3. The van der Waals surface area contributed by atoms with E-state index >= 15 is 4.39 Å². The van der Waals surface area contributed by atoms with Gasteiger partial charge in [0.25, 0.3) is 0 Å². The van der Waals surface area contributed by atoms with Crippen LogP contribution in [-0.4, -0.2) is 48.8 Å². The molecule has 1 aliphatic carbocycles. The smallest absolute Gasteiger partial charge is 0.236 e. The van der Waals surface area contributed by atoms with Gasteiger partial charge in [-0.1, -0.05) is 17.7 Å². The van der Waals surface area contributed by atoms with Crippen molar-refractivity contribution in [3.63, 3.8) is 0 Å². The maximum Gasteiger partial charge on any atom is 0.236 e. The van der Waals surface area contributed by atoms with Crippen LogP contribution in [0.15, 0.2) is 42.6 Å². The summed E-state index contributed by atoms with van der Waals surface area (Å²) in [5, 5.41) is 2.95. The van der Waals surface area contributed by atoms with Gasteiger partial charge in [-0.2, -0.15) is 4.39 Å². The number of anilines is 3. The fourth-order valence-corrected chi connectivity index (χ4v) is 5.01. The molecule has 1 saturated carbocycles. The molecule has 1 aromatic carbocycles. The summed E-state index contributed by atoms with van der Waals surface area (Å²) >= 11 is 5.43. The van der Waals surface area contributed by atoms with Crippen LogP contribution in [0.5, 0.6) is 0 Å². The minimum atomic E-state index is -0.633. The highest BCUT2D eigenvalue weighted by molar-refractivity contribution is 6.30. The molecule has 1 saturated heterocycles. The lowest BCUT2D eigenvalue weighted by Gasteiger charge is -2.41. The number of pyridine rings is 2. The molecule has 3 aliphatic rings. The van der Waals surface area contributed by atoms with Gasteiger partial charge in [0.1, 0.15) is 17.9 Å². The average molecular weight is 526 g/mol. The summed E-state index contributed by atoms with van der Waals surface area (Å²) in [5.74, 6) is -1.35. The zero-order valence-corrected chi connectivity index (χ0v) is 21.2. The molecule has 2 fully saturated rings. The van der Waals surface area contributed by atoms with Gasteiger partial charge in [0, 0.05) is 49.1 Å². The number of amides is 1. The summed E-state index contributed by atoms with van der Waals surface area (Å²) in [5.41, 5.74) is 2.82. The Morgan fingerprint density at radius 3 is 2.62 bits per heavy atom. The normalized spacial score (nSPS) is 18.6. The van der Waals surface area contributed by atoms with E-state index in [1.165, 1.54) is 29.9 Å². The molecule has 2 aromatic heterocycles. The van der Waals surface area contributed by atoms with E-state index in [0.29, 0.717) is 34.5 Å². The third-order valence-electron chi connectivity index (χ3n) is 7.19. The van der Waals surface area contributed by atoms with Crippen molar-refractivity contribution in [1.82, 2.24) is 9.97 Å². The number of nitrogens with one attached hydrogen (secondary N) is 1. The Labute approximate surface area is 218 Å². The number of hydrogen-bond acceptors (Lipinski definition) is 6. The summed E-state index contributed by atoms with van der Waals surface area (Å²) < 4.78 is 27.8. The molecular weight excluding hydrogens is 500 g/mol. The summed E-state index contributed by atoms with van der Waals surface area (Å²) in [6.07, 6.45) is 4.68. The van der Waals surface area contributed by atoms with Gasteiger partial charge in [-0.3, -0.25) is 9.78 Å². The molecule has 1 spiro atoms. The first-order valence-corrected chi connectivity index (χ1v) is 12.4. The molecule has 192 valence electrons. The minimum Gasteiger partial charge on any atom is -0.388 e. The monoisotopic (exact) mass is 525 g/mol. The van der Waals surface area contributed by atoms with Crippen molar-refractivity contribution in [2.75, 3.05) is 41.8 Å². The van der Waals surface area contributed by atoms with Crippen LogP contribution in [0.3, 0.4) is 0 Å². The second-order valence-electron chi connectivity index (χ2n) is 9.67. The van der Waals surface area contributed by atoms with Crippen molar-refractivity contribution in [3.05, 3.63) is 65.1 Å². The number of hydrogen-bond donors (Lipinski definition) is 1.